The Bertz CT molecular complexity index is 582. The minimum absolute atomic E-state index is 0.153. The maximum atomic E-state index is 11.6. The first-order valence-corrected chi connectivity index (χ1v) is 8.19. The van der Waals surface area contributed by atoms with Crippen molar-refractivity contribution in [1.82, 2.24) is 4.90 Å². The van der Waals surface area contributed by atoms with Gasteiger partial charge in [-0.05, 0) is 40.9 Å². The van der Waals surface area contributed by atoms with Crippen LogP contribution in [0.4, 0.5) is 0 Å². The molecule has 0 saturated carbocycles. The molecule has 2 atom stereocenters. The highest BCUT2D eigenvalue weighted by molar-refractivity contribution is 7.08. The Hall–Kier alpha value is -1.65. The number of benzene rings is 1. The van der Waals surface area contributed by atoms with Crippen LogP contribution >= 0.6 is 11.3 Å². The van der Waals surface area contributed by atoms with Crippen LogP contribution in [0.1, 0.15) is 23.5 Å². The average molecular weight is 301 g/mol. The van der Waals surface area contributed by atoms with Gasteiger partial charge in [-0.3, -0.25) is 9.69 Å². The fourth-order valence-electron chi connectivity index (χ4n) is 3.14. The second-order valence-corrected chi connectivity index (χ2v) is 6.40. The van der Waals surface area contributed by atoms with Gasteiger partial charge in [0.15, 0.2) is 0 Å². The average Bonchev–Trinajstić information content (AvgIpc) is 3.02. The number of hydrogen-bond donors (Lipinski definition) is 1. The molecule has 1 aliphatic heterocycles. The minimum atomic E-state index is -0.677. The fourth-order valence-corrected chi connectivity index (χ4v) is 3.86. The third-order valence-corrected chi connectivity index (χ3v) is 4.94. The standard InChI is InChI=1S/C17H19NO2S/c19-17(20)16-11-18(10-13-4-2-1-3-5-13)8-6-15(16)14-7-9-21-12-14/h1-5,7,9,12,15-16H,6,8,10-11H2,(H,19,20). The molecular formula is C17H19NO2S. The van der Waals surface area contributed by atoms with E-state index in [4.69, 9.17) is 0 Å². The van der Waals surface area contributed by atoms with E-state index in [-0.39, 0.29) is 11.8 Å². The zero-order valence-electron chi connectivity index (χ0n) is 11.8. The summed E-state index contributed by atoms with van der Waals surface area (Å²) in [6, 6.07) is 12.3. The van der Waals surface area contributed by atoms with Crippen molar-refractivity contribution in [2.24, 2.45) is 5.92 Å². The third-order valence-electron chi connectivity index (χ3n) is 4.23. The summed E-state index contributed by atoms with van der Waals surface area (Å²) in [4.78, 5) is 13.9. The highest BCUT2D eigenvalue weighted by Gasteiger charge is 2.35. The molecular weight excluding hydrogens is 282 g/mol. The van der Waals surface area contributed by atoms with Crippen LogP contribution in [0.2, 0.25) is 0 Å². The number of rotatable bonds is 4. The van der Waals surface area contributed by atoms with Gasteiger partial charge < -0.3 is 5.11 Å². The van der Waals surface area contributed by atoms with Gasteiger partial charge in [0, 0.05) is 19.0 Å². The Morgan fingerprint density at radius 1 is 1.29 bits per heavy atom. The van der Waals surface area contributed by atoms with Gasteiger partial charge in [0.2, 0.25) is 0 Å². The molecule has 2 unspecified atom stereocenters. The summed E-state index contributed by atoms with van der Waals surface area (Å²) in [6.45, 7) is 2.42. The topological polar surface area (TPSA) is 40.5 Å². The van der Waals surface area contributed by atoms with E-state index >= 15 is 0 Å². The van der Waals surface area contributed by atoms with Gasteiger partial charge in [-0.15, -0.1) is 0 Å². The molecule has 1 aliphatic rings. The van der Waals surface area contributed by atoms with E-state index in [1.165, 1.54) is 11.1 Å². The molecule has 1 saturated heterocycles. The predicted molar refractivity (Wildman–Crippen MR) is 84.5 cm³/mol. The summed E-state index contributed by atoms with van der Waals surface area (Å²) in [6.07, 6.45) is 0.917. The van der Waals surface area contributed by atoms with Gasteiger partial charge in [-0.25, -0.2) is 0 Å². The lowest BCUT2D eigenvalue weighted by molar-refractivity contribution is -0.144. The van der Waals surface area contributed by atoms with Gasteiger partial charge in [-0.1, -0.05) is 30.3 Å². The van der Waals surface area contributed by atoms with Crippen LogP contribution in [0.25, 0.3) is 0 Å². The van der Waals surface area contributed by atoms with Crippen LogP contribution in [0, 0.1) is 5.92 Å². The Labute approximate surface area is 128 Å². The number of likely N-dealkylation sites (tertiary alicyclic amines) is 1. The molecule has 3 rings (SSSR count). The molecule has 3 nitrogen and oxygen atoms in total. The van der Waals surface area contributed by atoms with Crippen LogP contribution in [-0.4, -0.2) is 29.1 Å². The SMILES string of the molecule is O=C(O)C1CN(Cc2ccccc2)CCC1c1ccsc1. The predicted octanol–water partition coefficient (Wildman–Crippen LogP) is 3.44. The van der Waals surface area contributed by atoms with Gasteiger partial charge >= 0.3 is 5.97 Å². The van der Waals surface area contributed by atoms with Crippen LogP contribution < -0.4 is 0 Å². The minimum Gasteiger partial charge on any atom is -0.481 e. The maximum absolute atomic E-state index is 11.6. The van der Waals surface area contributed by atoms with Gasteiger partial charge in [0.1, 0.15) is 0 Å². The number of carboxylic acid groups (broad SMARTS) is 1. The fraction of sp³-hybridized carbons (Fsp3) is 0.353. The molecule has 1 aromatic carbocycles. The van der Waals surface area contributed by atoms with Crippen LogP contribution in [-0.2, 0) is 11.3 Å². The van der Waals surface area contributed by atoms with Gasteiger partial charge in [-0.2, -0.15) is 11.3 Å². The summed E-state index contributed by atoms with van der Waals surface area (Å²) in [7, 11) is 0. The van der Waals surface area contributed by atoms with Crippen LogP contribution in [0.5, 0.6) is 0 Å². The summed E-state index contributed by atoms with van der Waals surface area (Å²) < 4.78 is 0. The molecule has 0 amide bonds. The highest BCUT2D eigenvalue weighted by atomic mass is 32.1. The highest BCUT2D eigenvalue weighted by Crippen LogP contribution is 2.34. The van der Waals surface area contributed by atoms with Crippen LogP contribution in [0.15, 0.2) is 47.2 Å². The number of carboxylic acids is 1. The zero-order chi connectivity index (χ0) is 14.7. The quantitative estimate of drug-likeness (QED) is 0.940. The van der Waals surface area contributed by atoms with Crippen molar-refractivity contribution in [2.75, 3.05) is 13.1 Å². The number of hydrogen-bond acceptors (Lipinski definition) is 3. The molecule has 4 heteroatoms. The van der Waals surface area contributed by atoms with E-state index < -0.39 is 5.97 Å². The first-order chi connectivity index (χ1) is 10.2. The van der Waals surface area contributed by atoms with E-state index in [1.54, 1.807) is 11.3 Å². The zero-order valence-corrected chi connectivity index (χ0v) is 12.6. The van der Waals surface area contributed by atoms with E-state index in [0.717, 1.165) is 19.5 Å². The summed E-state index contributed by atoms with van der Waals surface area (Å²) in [5, 5.41) is 13.7. The van der Waals surface area contributed by atoms with Crippen molar-refractivity contribution in [3.8, 4) is 0 Å². The molecule has 1 fully saturated rings. The molecule has 1 N–H and O–H groups in total. The van der Waals surface area contributed by atoms with E-state index in [0.29, 0.717) is 6.54 Å². The monoisotopic (exact) mass is 301 g/mol. The Balaban J connectivity index is 1.71. The number of aliphatic carboxylic acids is 1. The Kier molecular flexibility index (Phi) is 4.36. The molecule has 0 radical (unpaired) electrons. The Morgan fingerprint density at radius 3 is 2.76 bits per heavy atom. The largest absolute Gasteiger partial charge is 0.481 e. The van der Waals surface area contributed by atoms with Crippen LogP contribution in [0.3, 0.4) is 0 Å². The number of carbonyl (C=O) groups is 1. The number of piperidine rings is 1. The lowest BCUT2D eigenvalue weighted by Gasteiger charge is -2.36. The molecule has 0 spiro atoms. The summed E-state index contributed by atoms with van der Waals surface area (Å²) in [5.41, 5.74) is 2.43. The molecule has 0 bridgehead atoms. The normalized spacial score (nSPS) is 23.0. The summed E-state index contributed by atoms with van der Waals surface area (Å²) >= 11 is 1.64. The van der Waals surface area contributed by atoms with E-state index in [9.17, 15) is 9.90 Å². The first kappa shape index (κ1) is 14.3. The smallest absolute Gasteiger partial charge is 0.308 e. The molecule has 110 valence electrons. The van der Waals surface area contributed by atoms with Crippen molar-refractivity contribution in [3.63, 3.8) is 0 Å². The van der Waals surface area contributed by atoms with E-state index in [2.05, 4.69) is 28.5 Å². The second-order valence-electron chi connectivity index (χ2n) is 5.62. The molecule has 0 aliphatic carbocycles. The van der Waals surface area contributed by atoms with E-state index in [1.807, 2.05) is 23.6 Å². The van der Waals surface area contributed by atoms with Crippen molar-refractivity contribution < 1.29 is 9.90 Å². The van der Waals surface area contributed by atoms with Crippen molar-refractivity contribution >= 4 is 17.3 Å². The molecule has 1 aromatic heterocycles. The molecule has 21 heavy (non-hydrogen) atoms. The molecule has 2 aromatic rings. The molecule has 2 heterocycles. The number of nitrogens with zero attached hydrogens (tertiary/aromatic N) is 1. The summed E-state index contributed by atoms with van der Waals surface area (Å²) in [5.74, 6) is -0.832. The van der Waals surface area contributed by atoms with Gasteiger partial charge in [0.05, 0.1) is 5.92 Å². The second kappa shape index (κ2) is 6.41. The lowest BCUT2D eigenvalue weighted by atomic mass is 9.81. The van der Waals surface area contributed by atoms with Crippen molar-refractivity contribution in [1.29, 1.82) is 0 Å². The van der Waals surface area contributed by atoms with Gasteiger partial charge in [0.25, 0.3) is 0 Å². The van der Waals surface area contributed by atoms with Crippen molar-refractivity contribution in [3.05, 3.63) is 58.3 Å². The third kappa shape index (κ3) is 3.34. The Morgan fingerprint density at radius 2 is 2.10 bits per heavy atom. The van der Waals surface area contributed by atoms with Crippen molar-refractivity contribution in [2.45, 2.75) is 18.9 Å². The lowest BCUT2D eigenvalue weighted by Crippen LogP contribution is -2.42. The first-order valence-electron chi connectivity index (χ1n) is 7.25. The maximum Gasteiger partial charge on any atom is 0.308 e. The number of thiophene rings is 1.